The lowest BCUT2D eigenvalue weighted by Crippen LogP contribution is -2.35. The number of nitrogen functional groups attached to an aromatic ring is 1. The molecule has 3 atom stereocenters. The van der Waals surface area contributed by atoms with Crippen molar-refractivity contribution in [3.8, 4) is 11.3 Å². The zero-order valence-electron chi connectivity index (χ0n) is 18.6. The van der Waals surface area contributed by atoms with Crippen LogP contribution in [0.2, 0.25) is 0 Å². The number of halogens is 1. The Labute approximate surface area is 188 Å². The number of hydrazine groups is 1. The van der Waals surface area contributed by atoms with Gasteiger partial charge in [0.25, 0.3) is 0 Å². The summed E-state index contributed by atoms with van der Waals surface area (Å²) in [5.41, 5.74) is 13.1. The van der Waals surface area contributed by atoms with Crippen molar-refractivity contribution < 1.29 is 4.39 Å². The fourth-order valence-corrected chi connectivity index (χ4v) is 4.90. The molecule has 2 aromatic rings. The van der Waals surface area contributed by atoms with E-state index in [4.69, 9.17) is 15.7 Å². The van der Waals surface area contributed by atoms with E-state index in [-0.39, 0.29) is 23.6 Å². The number of aromatic nitrogens is 2. The first-order chi connectivity index (χ1) is 15.5. The highest BCUT2D eigenvalue weighted by atomic mass is 19.1. The topological polar surface area (TPSA) is 82.3 Å². The molecule has 8 heteroatoms. The maximum absolute atomic E-state index is 14.4. The predicted octanol–water partition coefficient (Wildman–Crippen LogP) is 2.66. The zero-order valence-corrected chi connectivity index (χ0v) is 18.6. The van der Waals surface area contributed by atoms with Crippen molar-refractivity contribution in [2.45, 2.75) is 25.3 Å². The van der Waals surface area contributed by atoms with Gasteiger partial charge < -0.3 is 21.0 Å². The van der Waals surface area contributed by atoms with Crippen LogP contribution in [0.4, 0.5) is 16.0 Å². The molecule has 0 spiro atoms. The molecule has 1 fully saturated rings. The summed E-state index contributed by atoms with van der Waals surface area (Å²) < 4.78 is 14.4. The number of rotatable bonds is 3. The van der Waals surface area contributed by atoms with E-state index >= 15 is 0 Å². The SMILES string of the molecule is CC1C2=CN(C)NC2C=CC1c1cnc(N2CCCNCC2)nc1-c1ccc(N)c(F)c1. The first-order valence-electron chi connectivity index (χ1n) is 11.3. The molecule has 0 radical (unpaired) electrons. The van der Waals surface area contributed by atoms with Gasteiger partial charge in [0.1, 0.15) is 5.82 Å². The molecule has 0 amide bonds. The number of hydrogen-bond donors (Lipinski definition) is 3. The van der Waals surface area contributed by atoms with E-state index in [1.807, 2.05) is 24.3 Å². The van der Waals surface area contributed by atoms with Gasteiger partial charge in [-0.1, -0.05) is 25.1 Å². The monoisotopic (exact) mass is 435 g/mol. The van der Waals surface area contributed by atoms with Crippen LogP contribution in [0.15, 0.2) is 48.3 Å². The van der Waals surface area contributed by atoms with E-state index in [0.717, 1.165) is 49.4 Å². The molecule has 0 bridgehead atoms. The van der Waals surface area contributed by atoms with Crippen LogP contribution < -0.4 is 21.4 Å². The molecule has 5 rings (SSSR count). The predicted molar refractivity (Wildman–Crippen MR) is 125 cm³/mol. The second-order valence-electron chi connectivity index (χ2n) is 8.85. The number of nitrogens with one attached hydrogen (secondary N) is 2. The molecule has 1 aliphatic carbocycles. The lowest BCUT2D eigenvalue weighted by atomic mass is 9.76. The van der Waals surface area contributed by atoms with Crippen molar-refractivity contribution in [2.24, 2.45) is 5.92 Å². The van der Waals surface area contributed by atoms with E-state index in [1.54, 1.807) is 6.07 Å². The Morgan fingerprint density at radius 3 is 2.91 bits per heavy atom. The van der Waals surface area contributed by atoms with Crippen LogP contribution in [0.25, 0.3) is 11.3 Å². The summed E-state index contributed by atoms with van der Waals surface area (Å²) >= 11 is 0. The minimum absolute atomic E-state index is 0.0984. The average Bonchev–Trinajstić information content (AvgIpc) is 2.98. The molecular weight excluding hydrogens is 405 g/mol. The second kappa shape index (κ2) is 8.52. The average molecular weight is 436 g/mol. The number of anilines is 2. The standard InChI is InChI=1S/C24H30FN7/c1-15-17(5-7-22-19(15)14-31(2)30-22)18-13-28-24(32-10-3-8-27-9-11-32)29-23(18)16-4-6-21(26)20(25)12-16/h4-7,12-15,17,22,27,30H,3,8-11,26H2,1-2H3. The van der Waals surface area contributed by atoms with Crippen LogP contribution >= 0.6 is 0 Å². The highest BCUT2D eigenvalue weighted by Crippen LogP contribution is 2.42. The Morgan fingerprint density at radius 1 is 1.19 bits per heavy atom. The molecule has 0 saturated carbocycles. The third kappa shape index (κ3) is 3.84. The van der Waals surface area contributed by atoms with Crippen molar-refractivity contribution in [1.29, 1.82) is 0 Å². The van der Waals surface area contributed by atoms with Gasteiger partial charge in [0.15, 0.2) is 0 Å². The molecule has 3 aliphatic rings. The van der Waals surface area contributed by atoms with E-state index in [2.05, 4.69) is 40.9 Å². The number of benzene rings is 1. The lowest BCUT2D eigenvalue weighted by molar-refractivity contribution is 0.344. The molecule has 1 aromatic heterocycles. The van der Waals surface area contributed by atoms with Crippen LogP contribution in [0, 0.1) is 11.7 Å². The molecule has 2 aliphatic heterocycles. The van der Waals surface area contributed by atoms with Gasteiger partial charge in [0.05, 0.1) is 17.4 Å². The number of allylic oxidation sites excluding steroid dienone is 1. The van der Waals surface area contributed by atoms with Crippen LogP contribution in [0.1, 0.15) is 24.8 Å². The molecule has 3 unspecified atom stereocenters. The molecule has 4 N–H and O–H groups in total. The van der Waals surface area contributed by atoms with Gasteiger partial charge in [-0.3, -0.25) is 0 Å². The van der Waals surface area contributed by atoms with Crippen LogP contribution in [-0.2, 0) is 0 Å². The van der Waals surface area contributed by atoms with Crippen LogP contribution in [-0.4, -0.2) is 54.2 Å². The Morgan fingerprint density at radius 2 is 2.06 bits per heavy atom. The van der Waals surface area contributed by atoms with E-state index in [0.29, 0.717) is 5.95 Å². The molecule has 32 heavy (non-hydrogen) atoms. The first-order valence-corrected chi connectivity index (χ1v) is 11.3. The Hall–Kier alpha value is -2.97. The number of hydrogen-bond acceptors (Lipinski definition) is 7. The largest absolute Gasteiger partial charge is 0.396 e. The second-order valence-corrected chi connectivity index (χ2v) is 8.85. The van der Waals surface area contributed by atoms with Gasteiger partial charge in [-0.2, -0.15) is 0 Å². The number of nitrogens with zero attached hydrogens (tertiary/aromatic N) is 4. The molecule has 1 aromatic carbocycles. The van der Waals surface area contributed by atoms with Crippen molar-refractivity contribution in [2.75, 3.05) is 43.9 Å². The first kappa shape index (κ1) is 20.9. The van der Waals surface area contributed by atoms with Crippen molar-refractivity contribution in [1.82, 2.24) is 25.7 Å². The smallest absolute Gasteiger partial charge is 0.225 e. The van der Waals surface area contributed by atoms with Gasteiger partial charge in [-0.15, -0.1) is 0 Å². The third-order valence-corrected chi connectivity index (χ3v) is 6.68. The quantitative estimate of drug-likeness (QED) is 0.505. The Kier molecular flexibility index (Phi) is 5.57. The van der Waals surface area contributed by atoms with Crippen molar-refractivity contribution >= 4 is 11.6 Å². The van der Waals surface area contributed by atoms with Crippen LogP contribution in [0.5, 0.6) is 0 Å². The minimum Gasteiger partial charge on any atom is -0.396 e. The molecule has 7 nitrogen and oxygen atoms in total. The van der Waals surface area contributed by atoms with Gasteiger partial charge in [-0.05, 0) is 36.6 Å². The lowest BCUT2D eigenvalue weighted by Gasteiger charge is -2.31. The highest BCUT2D eigenvalue weighted by Gasteiger charge is 2.34. The summed E-state index contributed by atoms with van der Waals surface area (Å²) in [7, 11) is 2.01. The number of nitrogens with two attached hydrogens (primary N) is 1. The van der Waals surface area contributed by atoms with Gasteiger partial charge in [0, 0.05) is 56.1 Å². The van der Waals surface area contributed by atoms with Crippen LogP contribution in [0.3, 0.4) is 0 Å². The minimum atomic E-state index is -0.427. The molecular formula is C24H30FN7. The van der Waals surface area contributed by atoms with Gasteiger partial charge in [-0.25, -0.2) is 19.8 Å². The fourth-order valence-electron chi connectivity index (χ4n) is 4.90. The van der Waals surface area contributed by atoms with E-state index < -0.39 is 5.82 Å². The summed E-state index contributed by atoms with van der Waals surface area (Å²) in [6.07, 6.45) is 9.55. The normalized spacial score (nSPS) is 25.5. The summed E-state index contributed by atoms with van der Waals surface area (Å²) in [6.45, 7) is 5.87. The van der Waals surface area contributed by atoms with Crippen molar-refractivity contribution in [3.05, 3.63) is 59.7 Å². The summed E-state index contributed by atoms with van der Waals surface area (Å²) in [5.74, 6) is 0.624. The highest BCUT2D eigenvalue weighted by molar-refractivity contribution is 5.68. The Bertz CT molecular complexity index is 1060. The molecule has 1 saturated heterocycles. The summed E-state index contributed by atoms with van der Waals surface area (Å²) in [4.78, 5) is 12.0. The Balaban J connectivity index is 1.59. The van der Waals surface area contributed by atoms with Crippen molar-refractivity contribution in [3.63, 3.8) is 0 Å². The fraction of sp³-hybridized carbons (Fsp3) is 0.417. The van der Waals surface area contributed by atoms with E-state index in [1.165, 1.54) is 11.6 Å². The third-order valence-electron chi connectivity index (χ3n) is 6.68. The maximum atomic E-state index is 14.4. The number of fused-ring (bicyclic) bond motifs is 1. The zero-order chi connectivity index (χ0) is 22.2. The van der Waals surface area contributed by atoms with Gasteiger partial charge >= 0.3 is 0 Å². The summed E-state index contributed by atoms with van der Waals surface area (Å²) in [5, 5.41) is 5.42. The van der Waals surface area contributed by atoms with E-state index in [9.17, 15) is 4.39 Å². The maximum Gasteiger partial charge on any atom is 0.225 e. The van der Waals surface area contributed by atoms with Gasteiger partial charge in [0.2, 0.25) is 5.95 Å². The molecule has 168 valence electrons. The summed E-state index contributed by atoms with van der Waals surface area (Å²) in [6, 6.07) is 5.16. The molecule has 3 heterocycles.